The van der Waals surface area contributed by atoms with Crippen LogP contribution in [0, 0.1) is 5.92 Å². The second kappa shape index (κ2) is 7.41. The zero-order valence-corrected chi connectivity index (χ0v) is 9.49. The van der Waals surface area contributed by atoms with Gasteiger partial charge in [-0.15, -0.1) is 0 Å². The molecule has 1 aromatic rings. The van der Waals surface area contributed by atoms with Gasteiger partial charge in [0.1, 0.15) is 0 Å². The minimum atomic E-state index is -0.130. The number of pyridine rings is 1. The average Bonchev–Trinajstić information content (AvgIpc) is 2.33. The maximum atomic E-state index is 10.6. The molecule has 1 saturated carbocycles. The summed E-state index contributed by atoms with van der Waals surface area (Å²) in [5, 5.41) is -0.130. The van der Waals surface area contributed by atoms with E-state index in [2.05, 4.69) is 4.98 Å². The molecule has 2 nitrogen and oxygen atoms in total. The molecule has 2 rings (SSSR count). The first-order chi connectivity index (χ1) is 7.30. The first-order valence-corrected chi connectivity index (χ1v) is 5.73. The third-order valence-corrected chi connectivity index (χ3v) is 2.80. The topological polar surface area (TPSA) is 30.0 Å². The fourth-order valence-electron chi connectivity index (χ4n) is 1.64. The lowest BCUT2D eigenvalue weighted by molar-refractivity contribution is -0.115. The summed E-state index contributed by atoms with van der Waals surface area (Å²) >= 11 is 5.32. The van der Waals surface area contributed by atoms with Crippen LogP contribution in [-0.4, -0.2) is 10.2 Å². The van der Waals surface area contributed by atoms with Crippen molar-refractivity contribution in [2.45, 2.75) is 32.1 Å². The SMILES string of the molecule is O=C(Cl)C1CCCCC1.c1ccncc1. The van der Waals surface area contributed by atoms with Crippen LogP contribution in [0.25, 0.3) is 0 Å². The molecular formula is C12H16ClNO. The Morgan fingerprint density at radius 3 is 1.93 bits per heavy atom. The Morgan fingerprint density at radius 2 is 1.67 bits per heavy atom. The van der Waals surface area contributed by atoms with Crippen molar-refractivity contribution in [2.75, 3.05) is 0 Å². The van der Waals surface area contributed by atoms with Gasteiger partial charge in [-0.05, 0) is 36.6 Å². The first-order valence-electron chi connectivity index (χ1n) is 5.35. The van der Waals surface area contributed by atoms with E-state index in [0.29, 0.717) is 0 Å². The van der Waals surface area contributed by atoms with Crippen molar-refractivity contribution in [3.8, 4) is 0 Å². The first kappa shape index (κ1) is 12.2. The molecule has 0 aromatic carbocycles. The lowest BCUT2D eigenvalue weighted by atomic mass is 9.90. The van der Waals surface area contributed by atoms with E-state index >= 15 is 0 Å². The van der Waals surface area contributed by atoms with Crippen LogP contribution in [-0.2, 0) is 4.79 Å². The van der Waals surface area contributed by atoms with E-state index in [1.807, 2.05) is 18.2 Å². The Labute approximate surface area is 95.7 Å². The number of halogens is 1. The standard InChI is InChI=1S/C7H11ClO.C5H5N/c8-7(9)6-4-2-1-3-5-6;1-2-4-6-5-3-1/h6H,1-5H2;1-5H. The van der Waals surface area contributed by atoms with Crippen LogP contribution in [0.2, 0.25) is 0 Å². The van der Waals surface area contributed by atoms with Crippen molar-refractivity contribution in [3.05, 3.63) is 30.6 Å². The normalized spacial score (nSPS) is 16.3. The molecular weight excluding hydrogens is 210 g/mol. The van der Waals surface area contributed by atoms with E-state index in [9.17, 15) is 4.79 Å². The van der Waals surface area contributed by atoms with Crippen molar-refractivity contribution in [2.24, 2.45) is 5.92 Å². The summed E-state index contributed by atoms with van der Waals surface area (Å²) < 4.78 is 0. The molecule has 1 fully saturated rings. The van der Waals surface area contributed by atoms with Crippen LogP contribution in [0.5, 0.6) is 0 Å². The number of hydrogen-bond donors (Lipinski definition) is 0. The lowest BCUT2D eigenvalue weighted by Gasteiger charge is -2.16. The van der Waals surface area contributed by atoms with Gasteiger partial charge in [0, 0.05) is 18.3 Å². The predicted molar refractivity (Wildman–Crippen MR) is 61.7 cm³/mol. The Hall–Kier alpha value is -0.890. The van der Waals surface area contributed by atoms with Gasteiger partial charge in [-0.3, -0.25) is 9.78 Å². The summed E-state index contributed by atoms with van der Waals surface area (Å²) in [6, 6.07) is 5.72. The largest absolute Gasteiger partial charge is 0.281 e. The van der Waals surface area contributed by atoms with Crippen molar-refractivity contribution in [1.29, 1.82) is 0 Å². The number of hydrogen-bond acceptors (Lipinski definition) is 2. The second-order valence-electron chi connectivity index (χ2n) is 3.66. The van der Waals surface area contributed by atoms with E-state index in [4.69, 9.17) is 11.6 Å². The van der Waals surface area contributed by atoms with Gasteiger partial charge < -0.3 is 0 Å². The van der Waals surface area contributed by atoms with Crippen LogP contribution in [0.3, 0.4) is 0 Å². The molecule has 1 aliphatic carbocycles. The molecule has 0 radical (unpaired) electrons. The molecule has 0 spiro atoms. The Kier molecular flexibility index (Phi) is 6.02. The molecule has 1 heterocycles. The Balaban J connectivity index is 0.000000162. The van der Waals surface area contributed by atoms with Gasteiger partial charge in [-0.2, -0.15) is 0 Å². The number of aromatic nitrogens is 1. The van der Waals surface area contributed by atoms with Crippen molar-refractivity contribution in [1.82, 2.24) is 4.98 Å². The maximum absolute atomic E-state index is 10.6. The molecule has 1 aromatic heterocycles. The van der Waals surface area contributed by atoms with Crippen molar-refractivity contribution < 1.29 is 4.79 Å². The van der Waals surface area contributed by atoms with Crippen molar-refractivity contribution >= 4 is 16.8 Å². The monoisotopic (exact) mass is 225 g/mol. The number of carbonyl (C=O) groups excluding carboxylic acids is 1. The molecule has 3 heteroatoms. The minimum absolute atomic E-state index is 0.130. The zero-order valence-electron chi connectivity index (χ0n) is 8.73. The molecule has 82 valence electrons. The van der Waals surface area contributed by atoms with Gasteiger partial charge in [0.15, 0.2) is 0 Å². The molecule has 0 amide bonds. The number of carbonyl (C=O) groups is 1. The highest BCUT2D eigenvalue weighted by atomic mass is 35.5. The molecule has 0 aliphatic heterocycles. The molecule has 15 heavy (non-hydrogen) atoms. The maximum Gasteiger partial charge on any atom is 0.224 e. The van der Waals surface area contributed by atoms with Gasteiger partial charge in [0.05, 0.1) is 0 Å². The summed E-state index contributed by atoms with van der Waals surface area (Å²) in [5.74, 6) is 0.181. The summed E-state index contributed by atoms with van der Waals surface area (Å²) in [6.07, 6.45) is 9.18. The molecule has 0 N–H and O–H groups in total. The van der Waals surface area contributed by atoms with Gasteiger partial charge in [-0.25, -0.2) is 0 Å². The third kappa shape index (κ3) is 5.53. The van der Waals surface area contributed by atoms with Crippen LogP contribution in [0.1, 0.15) is 32.1 Å². The third-order valence-electron chi connectivity index (χ3n) is 2.49. The molecule has 0 bridgehead atoms. The summed E-state index contributed by atoms with van der Waals surface area (Å²) in [5.41, 5.74) is 0. The van der Waals surface area contributed by atoms with Crippen LogP contribution in [0.4, 0.5) is 0 Å². The fourth-order valence-corrected chi connectivity index (χ4v) is 1.86. The van der Waals surface area contributed by atoms with Crippen LogP contribution in [0.15, 0.2) is 30.6 Å². The van der Waals surface area contributed by atoms with Gasteiger partial charge in [-0.1, -0.05) is 25.3 Å². The molecule has 1 aliphatic rings. The smallest absolute Gasteiger partial charge is 0.224 e. The molecule has 0 atom stereocenters. The van der Waals surface area contributed by atoms with Gasteiger partial charge in [0.2, 0.25) is 5.24 Å². The second-order valence-corrected chi connectivity index (χ2v) is 4.04. The van der Waals surface area contributed by atoms with E-state index in [-0.39, 0.29) is 11.2 Å². The number of nitrogens with zero attached hydrogens (tertiary/aromatic N) is 1. The Bertz CT molecular complexity index is 244. The predicted octanol–water partition coefficient (Wildman–Crippen LogP) is 3.41. The van der Waals surface area contributed by atoms with Crippen LogP contribution >= 0.6 is 11.6 Å². The summed E-state index contributed by atoms with van der Waals surface area (Å²) in [4.78, 5) is 14.3. The zero-order chi connectivity index (χ0) is 10.9. The Morgan fingerprint density at radius 1 is 1.07 bits per heavy atom. The van der Waals surface area contributed by atoms with E-state index < -0.39 is 0 Å². The average molecular weight is 226 g/mol. The van der Waals surface area contributed by atoms with Gasteiger partial charge >= 0.3 is 0 Å². The summed E-state index contributed by atoms with van der Waals surface area (Å²) in [6.45, 7) is 0. The summed E-state index contributed by atoms with van der Waals surface area (Å²) in [7, 11) is 0. The lowest BCUT2D eigenvalue weighted by Crippen LogP contribution is -2.12. The van der Waals surface area contributed by atoms with E-state index in [0.717, 1.165) is 12.8 Å². The number of rotatable bonds is 1. The minimum Gasteiger partial charge on any atom is -0.281 e. The van der Waals surface area contributed by atoms with Crippen LogP contribution < -0.4 is 0 Å². The quantitative estimate of drug-likeness (QED) is 0.686. The van der Waals surface area contributed by atoms with E-state index in [1.165, 1.54) is 19.3 Å². The molecule has 0 unspecified atom stereocenters. The van der Waals surface area contributed by atoms with E-state index in [1.54, 1.807) is 12.4 Å². The highest BCUT2D eigenvalue weighted by Crippen LogP contribution is 2.24. The van der Waals surface area contributed by atoms with Gasteiger partial charge in [0.25, 0.3) is 0 Å². The molecule has 0 saturated heterocycles. The fraction of sp³-hybridized carbons (Fsp3) is 0.500. The highest BCUT2D eigenvalue weighted by Gasteiger charge is 2.18. The highest BCUT2D eigenvalue weighted by molar-refractivity contribution is 6.63. The van der Waals surface area contributed by atoms with Crippen molar-refractivity contribution in [3.63, 3.8) is 0 Å².